The molecular weight excluding hydrogens is 358 g/mol. The summed E-state index contributed by atoms with van der Waals surface area (Å²) in [6, 6.07) is 5.67. The van der Waals surface area contributed by atoms with Gasteiger partial charge in [0.25, 0.3) is 5.69 Å². The number of methoxy groups -OCH3 is 5. The fraction of sp³-hybridized carbons (Fsp3) is 0.333. The summed E-state index contributed by atoms with van der Waals surface area (Å²) in [6.45, 7) is 0. The first-order chi connectivity index (χ1) is 12.9. The lowest BCUT2D eigenvalue weighted by Gasteiger charge is -2.20. The zero-order valence-corrected chi connectivity index (χ0v) is 15.6. The average molecular weight is 379 g/mol. The number of aliphatic hydroxyl groups is 1. The standard InChI is InChI=1S/C18H21NO8/c1-23-12-7-6-11(19(21)22)15(18(12)27-5)16(20)10-8-13(24-2)17(26-4)14(9-10)25-3/h6-9,16,20H,1-5H3. The van der Waals surface area contributed by atoms with Crippen molar-refractivity contribution < 1.29 is 33.7 Å². The third-order valence-electron chi connectivity index (χ3n) is 4.03. The lowest BCUT2D eigenvalue weighted by molar-refractivity contribution is -0.386. The van der Waals surface area contributed by atoms with Crippen molar-refractivity contribution in [1.82, 2.24) is 0 Å². The van der Waals surface area contributed by atoms with Crippen LogP contribution >= 0.6 is 0 Å². The van der Waals surface area contributed by atoms with Crippen LogP contribution in [0.25, 0.3) is 0 Å². The average Bonchev–Trinajstić information content (AvgIpc) is 2.70. The number of aliphatic hydroxyl groups excluding tert-OH is 1. The highest BCUT2D eigenvalue weighted by molar-refractivity contribution is 5.62. The van der Waals surface area contributed by atoms with Gasteiger partial charge in [0.15, 0.2) is 23.0 Å². The van der Waals surface area contributed by atoms with E-state index in [0.29, 0.717) is 22.8 Å². The number of ether oxygens (including phenoxy) is 5. The van der Waals surface area contributed by atoms with Crippen molar-refractivity contribution in [3.8, 4) is 28.7 Å². The second-order valence-corrected chi connectivity index (χ2v) is 5.35. The maximum atomic E-state index is 11.5. The second-order valence-electron chi connectivity index (χ2n) is 5.35. The first-order valence-corrected chi connectivity index (χ1v) is 7.80. The molecule has 1 unspecified atom stereocenters. The van der Waals surface area contributed by atoms with Crippen LogP contribution in [0.2, 0.25) is 0 Å². The van der Waals surface area contributed by atoms with Crippen molar-refractivity contribution in [3.63, 3.8) is 0 Å². The molecule has 0 aliphatic heterocycles. The number of rotatable bonds is 8. The molecule has 0 aliphatic rings. The van der Waals surface area contributed by atoms with Crippen LogP contribution in [-0.4, -0.2) is 45.6 Å². The highest BCUT2D eigenvalue weighted by atomic mass is 16.6. The van der Waals surface area contributed by atoms with Gasteiger partial charge in [-0.25, -0.2) is 0 Å². The molecule has 1 atom stereocenters. The minimum absolute atomic E-state index is 0.0453. The van der Waals surface area contributed by atoms with E-state index >= 15 is 0 Å². The molecule has 146 valence electrons. The van der Waals surface area contributed by atoms with Crippen LogP contribution in [0, 0.1) is 10.1 Å². The van der Waals surface area contributed by atoms with E-state index in [0.717, 1.165) is 0 Å². The van der Waals surface area contributed by atoms with E-state index < -0.39 is 11.0 Å². The monoisotopic (exact) mass is 379 g/mol. The first-order valence-electron chi connectivity index (χ1n) is 7.80. The summed E-state index contributed by atoms with van der Waals surface area (Å²) in [5, 5.41) is 22.5. The van der Waals surface area contributed by atoms with Crippen molar-refractivity contribution in [2.45, 2.75) is 6.10 Å². The topological polar surface area (TPSA) is 110 Å². The summed E-state index contributed by atoms with van der Waals surface area (Å²) in [4.78, 5) is 10.9. The van der Waals surface area contributed by atoms with E-state index in [1.165, 1.54) is 59.8 Å². The van der Waals surface area contributed by atoms with Crippen LogP contribution in [-0.2, 0) is 0 Å². The molecule has 0 aromatic heterocycles. The highest BCUT2D eigenvalue weighted by Gasteiger charge is 2.30. The van der Waals surface area contributed by atoms with Crippen molar-refractivity contribution in [2.24, 2.45) is 0 Å². The van der Waals surface area contributed by atoms with Gasteiger partial charge in [0.05, 0.1) is 40.5 Å². The van der Waals surface area contributed by atoms with Crippen LogP contribution in [0.1, 0.15) is 17.2 Å². The van der Waals surface area contributed by atoms with E-state index in [9.17, 15) is 15.2 Å². The van der Waals surface area contributed by atoms with Gasteiger partial charge in [-0.1, -0.05) is 0 Å². The highest BCUT2D eigenvalue weighted by Crippen LogP contribution is 2.46. The molecular formula is C18H21NO8. The fourth-order valence-corrected chi connectivity index (χ4v) is 2.79. The number of benzene rings is 2. The molecule has 0 amide bonds. The van der Waals surface area contributed by atoms with E-state index in [-0.39, 0.29) is 22.7 Å². The Hall–Kier alpha value is -3.20. The molecule has 0 saturated carbocycles. The first kappa shape index (κ1) is 20.1. The van der Waals surface area contributed by atoms with Gasteiger partial charge in [0.1, 0.15) is 11.7 Å². The molecule has 0 heterocycles. The zero-order chi connectivity index (χ0) is 20.1. The van der Waals surface area contributed by atoms with Gasteiger partial charge in [-0.3, -0.25) is 10.1 Å². The molecule has 2 rings (SSSR count). The van der Waals surface area contributed by atoms with Gasteiger partial charge >= 0.3 is 0 Å². The molecule has 9 nitrogen and oxygen atoms in total. The molecule has 1 N–H and O–H groups in total. The fourth-order valence-electron chi connectivity index (χ4n) is 2.79. The second kappa shape index (κ2) is 8.45. The number of hydrogen-bond donors (Lipinski definition) is 1. The molecule has 0 bridgehead atoms. The van der Waals surface area contributed by atoms with Gasteiger partial charge in [-0.15, -0.1) is 0 Å². The number of nitrogens with zero attached hydrogens (tertiary/aromatic N) is 1. The molecule has 2 aromatic carbocycles. The van der Waals surface area contributed by atoms with Crippen LogP contribution in [0.15, 0.2) is 24.3 Å². The maximum absolute atomic E-state index is 11.5. The van der Waals surface area contributed by atoms with Gasteiger partial charge in [0.2, 0.25) is 5.75 Å². The molecule has 9 heteroatoms. The lowest BCUT2D eigenvalue weighted by Crippen LogP contribution is -2.08. The lowest BCUT2D eigenvalue weighted by atomic mass is 9.97. The predicted molar refractivity (Wildman–Crippen MR) is 96.4 cm³/mol. The van der Waals surface area contributed by atoms with E-state index in [1.54, 1.807) is 0 Å². The molecule has 27 heavy (non-hydrogen) atoms. The minimum Gasteiger partial charge on any atom is -0.493 e. The van der Waals surface area contributed by atoms with Crippen LogP contribution in [0.4, 0.5) is 5.69 Å². The largest absolute Gasteiger partial charge is 0.493 e. The number of nitro groups is 1. The normalized spacial score (nSPS) is 11.5. The van der Waals surface area contributed by atoms with Crippen LogP contribution in [0.3, 0.4) is 0 Å². The summed E-state index contributed by atoms with van der Waals surface area (Å²) >= 11 is 0. The Kier molecular flexibility index (Phi) is 6.30. The van der Waals surface area contributed by atoms with E-state index in [4.69, 9.17) is 23.7 Å². The van der Waals surface area contributed by atoms with Crippen molar-refractivity contribution in [3.05, 3.63) is 45.5 Å². The number of nitro benzene ring substituents is 1. The Morgan fingerprint density at radius 3 is 1.78 bits per heavy atom. The molecule has 0 fully saturated rings. The van der Waals surface area contributed by atoms with Crippen molar-refractivity contribution in [2.75, 3.05) is 35.5 Å². The summed E-state index contributed by atoms with van der Waals surface area (Å²) in [6.07, 6.45) is -1.41. The molecule has 0 spiro atoms. The van der Waals surface area contributed by atoms with Crippen molar-refractivity contribution >= 4 is 5.69 Å². The van der Waals surface area contributed by atoms with E-state index in [2.05, 4.69) is 0 Å². The third kappa shape index (κ3) is 3.68. The van der Waals surface area contributed by atoms with E-state index in [1.807, 2.05) is 0 Å². The van der Waals surface area contributed by atoms with Crippen molar-refractivity contribution in [1.29, 1.82) is 0 Å². The van der Waals surface area contributed by atoms with Gasteiger partial charge in [0, 0.05) is 6.07 Å². The zero-order valence-electron chi connectivity index (χ0n) is 15.6. The Morgan fingerprint density at radius 1 is 0.852 bits per heavy atom. The minimum atomic E-state index is -1.41. The van der Waals surface area contributed by atoms with Crippen LogP contribution < -0.4 is 23.7 Å². The van der Waals surface area contributed by atoms with Gasteiger partial charge < -0.3 is 28.8 Å². The predicted octanol–water partition coefficient (Wildman–Crippen LogP) is 2.72. The summed E-state index contributed by atoms with van der Waals surface area (Å²) in [5.41, 5.74) is -0.0656. The number of hydrogen-bond acceptors (Lipinski definition) is 8. The Bertz CT molecular complexity index is 811. The SMILES string of the molecule is COc1cc(C(O)c2c([N+](=O)[O-])ccc(OC)c2OC)cc(OC)c1OC. The summed E-state index contributed by atoms with van der Waals surface area (Å²) in [5.74, 6) is 1.26. The molecule has 0 saturated heterocycles. The molecule has 2 aromatic rings. The third-order valence-corrected chi connectivity index (χ3v) is 4.03. The Morgan fingerprint density at radius 2 is 1.37 bits per heavy atom. The van der Waals surface area contributed by atoms with Crippen LogP contribution in [0.5, 0.6) is 28.7 Å². The van der Waals surface area contributed by atoms with Gasteiger partial charge in [-0.2, -0.15) is 0 Å². The smallest absolute Gasteiger partial charge is 0.279 e. The quantitative estimate of drug-likeness (QED) is 0.551. The molecule has 0 radical (unpaired) electrons. The summed E-state index contributed by atoms with van der Waals surface area (Å²) in [7, 11) is 7.06. The van der Waals surface area contributed by atoms with Gasteiger partial charge in [-0.05, 0) is 23.8 Å². The Labute approximate surface area is 156 Å². The summed E-state index contributed by atoms with van der Waals surface area (Å²) < 4.78 is 26.3. The molecule has 0 aliphatic carbocycles. The Balaban J connectivity index is 2.74. The maximum Gasteiger partial charge on any atom is 0.279 e.